The molecule has 0 heterocycles. The number of phosphoric acid groups is 1. The topological polar surface area (TPSA) is 105 Å². The summed E-state index contributed by atoms with van der Waals surface area (Å²) in [7, 11) is -3.89. The van der Waals surface area contributed by atoms with E-state index in [0.29, 0.717) is 17.2 Å². The number of rotatable bonds is 6. The molecule has 2 N–H and O–H groups in total. The van der Waals surface area contributed by atoms with Gasteiger partial charge in [-0.15, -0.1) is 0 Å². The largest absolute Gasteiger partial charge is 2.00 e. The van der Waals surface area contributed by atoms with Crippen LogP contribution in [0.5, 0.6) is 17.2 Å². The molecule has 8 heteroatoms. The van der Waals surface area contributed by atoms with Gasteiger partial charge >= 0.3 is 30.9 Å². The van der Waals surface area contributed by atoms with E-state index in [-0.39, 0.29) is 34.0 Å². The van der Waals surface area contributed by atoms with E-state index in [1.165, 1.54) is 0 Å². The van der Waals surface area contributed by atoms with E-state index in [2.05, 4.69) is 0 Å². The Morgan fingerprint density at radius 1 is 0.500 bits per heavy atom. The molecule has 6 nitrogen and oxygen atoms in total. The van der Waals surface area contributed by atoms with Gasteiger partial charge in [0.15, 0.2) is 0 Å². The van der Waals surface area contributed by atoms with Crippen LogP contribution in [-0.2, 0) is 4.57 Å². The van der Waals surface area contributed by atoms with Crippen LogP contribution in [-0.4, -0.2) is 34.0 Å². The van der Waals surface area contributed by atoms with Crippen molar-refractivity contribution >= 4 is 30.9 Å². The van der Waals surface area contributed by atoms with Crippen LogP contribution in [0.4, 0.5) is 0 Å². The Morgan fingerprint density at radius 2 is 0.731 bits per heavy atom. The van der Waals surface area contributed by atoms with Crippen LogP contribution in [0.1, 0.15) is 0 Å². The van der Waals surface area contributed by atoms with Crippen molar-refractivity contribution in [3.63, 3.8) is 0 Å². The molecule has 0 atom stereocenters. The third-order valence-corrected chi connectivity index (χ3v) is 4.18. The summed E-state index contributed by atoms with van der Waals surface area (Å²) in [6.07, 6.45) is 0. The molecule has 0 fully saturated rings. The molecular weight excluding hydrogens is 367 g/mol. The fraction of sp³-hybridized carbons (Fsp3) is 0. The Kier molecular flexibility index (Phi) is 10.7. The summed E-state index contributed by atoms with van der Waals surface area (Å²) in [5.41, 5.74) is 0. The molecule has 0 spiro atoms. The van der Waals surface area contributed by atoms with Gasteiger partial charge in [0, 0.05) is 0 Å². The van der Waals surface area contributed by atoms with Crippen LogP contribution in [0.25, 0.3) is 0 Å². The Bertz CT molecular complexity index is 678. The molecule has 3 rings (SSSR count). The normalized spacial score (nSPS) is 9.54. The van der Waals surface area contributed by atoms with Crippen molar-refractivity contribution in [1.29, 1.82) is 0 Å². The van der Waals surface area contributed by atoms with Gasteiger partial charge in [0.05, 0.1) is 0 Å². The fourth-order valence-corrected chi connectivity index (χ4v) is 3.14. The van der Waals surface area contributed by atoms with E-state index >= 15 is 0 Å². The minimum atomic E-state index is -3.89. The monoisotopic (exact) mass is 384 g/mol. The zero-order valence-electron chi connectivity index (χ0n) is 13.8. The van der Waals surface area contributed by atoms with Gasteiger partial charge in [0.25, 0.3) is 0 Å². The van der Waals surface area contributed by atoms with Crippen LogP contribution >= 0.6 is 7.82 Å². The quantitative estimate of drug-likeness (QED) is 0.454. The van der Waals surface area contributed by atoms with Gasteiger partial charge < -0.3 is 24.5 Å². The molecule has 0 amide bonds. The maximum Gasteiger partial charge on any atom is 2.00 e. The van der Waals surface area contributed by atoms with Gasteiger partial charge in [-0.2, -0.15) is 4.57 Å². The van der Waals surface area contributed by atoms with Crippen LogP contribution in [0.2, 0.25) is 0 Å². The first kappa shape index (κ1) is 24.0. The number of hydrogen-bond acceptors (Lipinski definition) is 6. The van der Waals surface area contributed by atoms with Gasteiger partial charge in [0.2, 0.25) is 0 Å². The van der Waals surface area contributed by atoms with Crippen LogP contribution in [0, 0.1) is 0 Å². The third-order valence-electron chi connectivity index (χ3n) is 2.88. The average Bonchev–Trinajstić information content (AvgIpc) is 2.57. The first-order valence-corrected chi connectivity index (χ1v) is 8.54. The van der Waals surface area contributed by atoms with E-state index in [0.717, 1.165) is 0 Å². The molecule has 0 aliphatic carbocycles. The standard InChI is InChI=1S/C18H15O4P.Mg.2H2O/c19-23(20-16-10-4-1-5-11-16,21-17-12-6-2-7-13-17)22-18-14-8-3-9-15-18;;;/h1-15H;;2*1H2/q;+2;;/p-2. The van der Waals surface area contributed by atoms with Gasteiger partial charge in [-0.05, 0) is 36.4 Å². The van der Waals surface area contributed by atoms with Crippen molar-refractivity contribution in [2.45, 2.75) is 0 Å². The smallest absolute Gasteiger partial charge is 0.870 e. The maximum atomic E-state index is 13.1. The summed E-state index contributed by atoms with van der Waals surface area (Å²) in [4.78, 5) is 0. The van der Waals surface area contributed by atoms with Crippen molar-refractivity contribution in [3.8, 4) is 17.2 Å². The van der Waals surface area contributed by atoms with Crippen LogP contribution < -0.4 is 13.6 Å². The summed E-state index contributed by atoms with van der Waals surface area (Å²) >= 11 is 0. The Labute approximate surface area is 168 Å². The van der Waals surface area contributed by atoms with Crippen molar-refractivity contribution in [2.24, 2.45) is 0 Å². The third kappa shape index (κ3) is 7.07. The number of hydrogen-bond donors (Lipinski definition) is 0. The molecule has 0 bridgehead atoms. The second-order valence-electron chi connectivity index (χ2n) is 4.66. The molecule has 26 heavy (non-hydrogen) atoms. The molecule has 0 aliphatic rings. The summed E-state index contributed by atoms with van der Waals surface area (Å²) < 4.78 is 29.6. The fourth-order valence-electron chi connectivity index (χ4n) is 1.89. The minimum absolute atomic E-state index is 0. The SMILES string of the molecule is O=P(Oc1ccccc1)(Oc1ccccc1)Oc1ccccc1.[Mg+2].[OH-].[OH-]. The molecule has 132 valence electrons. The second kappa shape index (κ2) is 11.6. The van der Waals surface area contributed by atoms with Crippen molar-refractivity contribution in [3.05, 3.63) is 91.0 Å². The zero-order valence-corrected chi connectivity index (χ0v) is 16.2. The Morgan fingerprint density at radius 3 is 0.962 bits per heavy atom. The first-order valence-electron chi connectivity index (χ1n) is 7.07. The van der Waals surface area contributed by atoms with Crippen molar-refractivity contribution in [2.75, 3.05) is 0 Å². The molecule has 0 saturated heterocycles. The Balaban J connectivity index is 0.00000208. The minimum Gasteiger partial charge on any atom is -0.870 e. The summed E-state index contributed by atoms with van der Waals surface area (Å²) in [6.45, 7) is 0. The molecule has 0 aromatic heterocycles. The van der Waals surface area contributed by atoms with E-state index in [9.17, 15) is 4.57 Å². The van der Waals surface area contributed by atoms with Crippen molar-refractivity contribution < 1.29 is 29.1 Å². The van der Waals surface area contributed by atoms with Crippen LogP contribution in [0.15, 0.2) is 91.0 Å². The van der Waals surface area contributed by atoms with Gasteiger partial charge in [-0.1, -0.05) is 54.6 Å². The van der Waals surface area contributed by atoms with E-state index in [1.807, 2.05) is 18.2 Å². The molecular formula is C18H17MgO6P. The molecule has 0 saturated carbocycles. The number of benzene rings is 3. The van der Waals surface area contributed by atoms with Gasteiger partial charge in [-0.3, -0.25) is 0 Å². The summed E-state index contributed by atoms with van der Waals surface area (Å²) in [5.74, 6) is 1.22. The van der Waals surface area contributed by atoms with Crippen LogP contribution in [0.3, 0.4) is 0 Å². The molecule has 0 unspecified atom stereocenters. The maximum absolute atomic E-state index is 13.1. The number of phosphoric ester groups is 1. The molecule has 3 aromatic carbocycles. The van der Waals surface area contributed by atoms with E-state index < -0.39 is 7.82 Å². The van der Waals surface area contributed by atoms with E-state index in [1.54, 1.807) is 72.8 Å². The van der Waals surface area contributed by atoms with Gasteiger partial charge in [-0.25, -0.2) is 0 Å². The van der Waals surface area contributed by atoms with Gasteiger partial charge in [0.1, 0.15) is 17.2 Å². The Hall–Kier alpha value is -2.02. The number of para-hydroxylation sites is 3. The average molecular weight is 385 g/mol. The summed E-state index contributed by atoms with van der Waals surface area (Å²) in [6, 6.07) is 26.4. The predicted molar refractivity (Wildman–Crippen MR) is 98.4 cm³/mol. The second-order valence-corrected chi connectivity index (χ2v) is 6.10. The zero-order chi connectivity index (χ0) is 16.0. The summed E-state index contributed by atoms with van der Waals surface area (Å²) in [5, 5.41) is 0. The van der Waals surface area contributed by atoms with Crippen molar-refractivity contribution in [1.82, 2.24) is 0 Å². The predicted octanol–water partition coefficient (Wildman–Crippen LogP) is 4.60. The first-order chi connectivity index (χ1) is 11.2. The van der Waals surface area contributed by atoms with E-state index in [4.69, 9.17) is 13.6 Å². The molecule has 0 aliphatic heterocycles. The molecule has 0 radical (unpaired) electrons. The molecule has 3 aromatic rings.